The van der Waals surface area contributed by atoms with Crippen LogP contribution in [0.3, 0.4) is 0 Å². The number of hydrogen-bond acceptors (Lipinski definition) is 9. The van der Waals surface area contributed by atoms with Crippen molar-refractivity contribution in [1.82, 2.24) is 19.8 Å². The second kappa shape index (κ2) is 12.3. The molecule has 3 heterocycles. The van der Waals surface area contributed by atoms with Gasteiger partial charge in [-0.15, -0.1) is 0 Å². The van der Waals surface area contributed by atoms with Gasteiger partial charge in [0.25, 0.3) is 0 Å². The number of rotatable bonds is 11. The van der Waals surface area contributed by atoms with Gasteiger partial charge in [0.1, 0.15) is 6.10 Å². The molecular weight excluding hydrogens is 550 g/mol. The minimum atomic E-state index is -4.04. The molecule has 2 fully saturated rings. The zero-order chi connectivity index (χ0) is 29.1. The Balaban J connectivity index is 1.35. The Kier molecular flexibility index (Phi) is 8.80. The maximum atomic E-state index is 13.8. The highest BCUT2D eigenvalue weighted by Gasteiger charge is 2.44. The average Bonchev–Trinajstić information content (AvgIpc) is 3.66. The van der Waals surface area contributed by atoms with Crippen molar-refractivity contribution in [3.63, 3.8) is 0 Å². The number of nitrogens with zero attached hydrogens (tertiary/aromatic N) is 2. The molecule has 0 radical (unpaired) electrons. The highest BCUT2D eigenvalue weighted by molar-refractivity contribution is 7.89. The molecule has 5 N–H and O–H groups in total. The van der Waals surface area contributed by atoms with E-state index in [2.05, 4.69) is 15.5 Å². The summed E-state index contributed by atoms with van der Waals surface area (Å²) in [5, 5.41) is 21.4. The lowest BCUT2D eigenvalue weighted by atomic mass is 10.0. The summed E-state index contributed by atoms with van der Waals surface area (Å²) in [5.74, 6) is 0.127. The van der Waals surface area contributed by atoms with Gasteiger partial charge in [-0.25, -0.2) is 13.2 Å². The average molecular weight is 588 g/mol. The molecule has 2 aliphatic heterocycles. The Morgan fingerprint density at radius 3 is 2.76 bits per heavy atom. The van der Waals surface area contributed by atoms with Crippen LogP contribution < -0.4 is 11.1 Å². The van der Waals surface area contributed by atoms with E-state index in [0.717, 1.165) is 12.0 Å². The third-order valence-electron chi connectivity index (χ3n) is 7.47. The molecule has 0 saturated carbocycles. The maximum absolute atomic E-state index is 13.8. The van der Waals surface area contributed by atoms with E-state index in [1.54, 1.807) is 6.07 Å². The van der Waals surface area contributed by atoms with E-state index >= 15 is 0 Å². The number of nitrogen functional groups attached to an aromatic ring is 1. The lowest BCUT2D eigenvalue weighted by molar-refractivity contribution is -0.0907. The van der Waals surface area contributed by atoms with Crippen molar-refractivity contribution < 1.29 is 32.5 Å². The zero-order valence-electron chi connectivity index (χ0n) is 23.1. The van der Waals surface area contributed by atoms with Crippen molar-refractivity contribution in [1.29, 1.82) is 0 Å². The topological polar surface area (TPSA) is 169 Å². The number of hydrogen-bond donors (Lipinski definition) is 4. The summed E-state index contributed by atoms with van der Waals surface area (Å²) in [4.78, 5) is 13.0. The molecule has 0 bridgehead atoms. The van der Waals surface area contributed by atoms with Gasteiger partial charge in [-0.2, -0.15) is 9.40 Å². The van der Waals surface area contributed by atoms with Crippen molar-refractivity contribution in [2.24, 2.45) is 11.8 Å². The van der Waals surface area contributed by atoms with Gasteiger partial charge in [0.2, 0.25) is 10.0 Å². The Hall–Kier alpha value is -3.23. The van der Waals surface area contributed by atoms with Crippen LogP contribution in [-0.4, -0.2) is 85.0 Å². The number of anilines is 1. The minimum absolute atomic E-state index is 0.0332. The number of nitrogens with one attached hydrogen (secondary N) is 2. The minimum Gasteiger partial charge on any atom is -0.443 e. The van der Waals surface area contributed by atoms with Gasteiger partial charge in [-0.05, 0) is 42.5 Å². The van der Waals surface area contributed by atoms with Crippen LogP contribution >= 0.6 is 0 Å². The molecule has 2 aliphatic rings. The fourth-order valence-corrected chi connectivity index (χ4v) is 7.01. The Bertz CT molecular complexity index is 1450. The molecule has 222 valence electrons. The second-order valence-corrected chi connectivity index (χ2v) is 12.9. The standard InChI is InChI=1S/C28H37N5O7S/c1-17(2)14-33(41(36,37)19-8-9-22-21(13-19)26(29)32-31-22)15-24(34)23(12-18-6-4-3-5-7-18)30-28(35)40-25-16-39-27-20(25)10-11-38-27/h3-9,13,17,20,23-25,27,34H,10-12,14-16H2,1-2H3,(H,30,35)(H3,29,31,32)/t20-,23-,24+,25-,27+/m0/s1. The van der Waals surface area contributed by atoms with Gasteiger partial charge < -0.3 is 30.4 Å². The molecule has 5 atom stereocenters. The van der Waals surface area contributed by atoms with Gasteiger partial charge >= 0.3 is 6.09 Å². The number of fused-ring (bicyclic) bond motifs is 2. The number of H-pyrrole nitrogens is 1. The number of nitrogens with two attached hydrogens (primary N) is 1. The van der Waals surface area contributed by atoms with Gasteiger partial charge in [-0.3, -0.25) is 5.10 Å². The fourth-order valence-electron chi connectivity index (χ4n) is 5.36. The molecule has 1 amide bonds. The molecular formula is C28H37N5O7S. The number of sulfonamides is 1. The van der Waals surface area contributed by atoms with Gasteiger partial charge in [0.05, 0.1) is 41.7 Å². The van der Waals surface area contributed by atoms with Crippen LogP contribution in [0.2, 0.25) is 0 Å². The predicted molar refractivity (Wildman–Crippen MR) is 151 cm³/mol. The molecule has 0 spiro atoms. The summed E-state index contributed by atoms with van der Waals surface area (Å²) in [6.45, 7) is 4.48. The number of carbonyl (C=O) groups excluding carboxylic acids is 1. The first kappa shape index (κ1) is 29.3. The largest absolute Gasteiger partial charge is 0.443 e. The number of aliphatic hydroxyl groups excluding tert-OH is 1. The predicted octanol–water partition coefficient (Wildman–Crippen LogP) is 2.25. The summed E-state index contributed by atoms with van der Waals surface area (Å²) < 4.78 is 45.7. The van der Waals surface area contributed by atoms with Crippen LogP contribution in [0.25, 0.3) is 10.9 Å². The maximum Gasteiger partial charge on any atom is 0.407 e. The van der Waals surface area contributed by atoms with E-state index in [1.807, 2.05) is 44.2 Å². The third-order valence-corrected chi connectivity index (χ3v) is 9.30. The molecule has 5 rings (SSSR count). The molecule has 3 aromatic rings. The summed E-state index contributed by atoms with van der Waals surface area (Å²) in [5.41, 5.74) is 7.40. The number of amides is 1. The zero-order valence-corrected chi connectivity index (χ0v) is 23.9. The first-order valence-electron chi connectivity index (χ1n) is 13.8. The second-order valence-electron chi connectivity index (χ2n) is 11.0. The highest BCUT2D eigenvalue weighted by atomic mass is 32.2. The van der Waals surface area contributed by atoms with E-state index in [-0.39, 0.29) is 55.0 Å². The highest BCUT2D eigenvalue weighted by Crippen LogP contribution is 2.33. The normalized spacial score (nSPS) is 22.2. The van der Waals surface area contributed by atoms with Crippen molar-refractivity contribution in [3.8, 4) is 0 Å². The first-order chi connectivity index (χ1) is 19.6. The number of benzene rings is 2. The number of aliphatic hydroxyl groups is 1. The van der Waals surface area contributed by atoms with E-state index in [1.165, 1.54) is 16.4 Å². The first-order valence-corrected chi connectivity index (χ1v) is 15.2. The molecule has 0 unspecified atom stereocenters. The van der Waals surface area contributed by atoms with Gasteiger partial charge in [0.15, 0.2) is 12.1 Å². The molecule has 13 heteroatoms. The molecule has 2 saturated heterocycles. The molecule has 41 heavy (non-hydrogen) atoms. The Morgan fingerprint density at radius 1 is 1.22 bits per heavy atom. The van der Waals surface area contributed by atoms with E-state index in [4.69, 9.17) is 19.9 Å². The summed E-state index contributed by atoms with van der Waals surface area (Å²) in [6.07, 6.45) is -1.78. The quantitative estimate of drug-likeness (QED) is 0.263. The van der Waals surface area contributed by atoms with E-state index in [0.29, 0.717) is 17.5 Å². The fraction of sp³-hybridized carbons (Fsp3) is 0.500. The number of aromatic amines is 1. The number of aromatic nitrogens is 2. The summed E-state index contributed by atoms with van der Waals surface area (Å²) in [7, 11) is -4.04. The van der Waals surface area contributed by atoms with Crippen LogP contribution in [0, 0.1) is 11.8 Å². The van der Waals surface area contributed by atoms with Crippen molar-refractivity contribution in [2.75, 3.05) is 32.0 Å². The smallest absolute Gasteiger partial charge is 0.407 e. The molecule has 12 nitrogen and oxygen atoms in total. The molecule has 1 aromatic heterocycles. The number of alkyl carbamates (subject to hydrolysis) is 1. The number of carbonyl (C=O) groups is 1. The van der Waals surface area contributed by atoms with Crippen LogP contribution in [0.1, 0.15) is 25.8 Å². The lowest BCUT2D eigenvalue weighted by Crippen LogP contribution is -2.51. The van der Waals surface area contributed by atoms with Crippen LogP contribution in [0.15, 0.2) is 53.4 Å². The lowest BCUT2D eigenvalue weighted by Gasteiger charge is -2.31. The van der Waals surface area contributed by atoms with Crippen LogP contribution in [0.4, 0.5) is 10.6 Å². The Labute approximate surface area is 239 Å². The summed E-state index contributed by atoms with van der Waals surface area (Å²) >= 11 is 0. The summed E-state index contributed by atoms with van der Waals surface area (Å²) in [6, 6.07) is 13.1. The third kappa shape index (κ3) is 6.65. The van der Waals surface area contributed by atoms with Crippen LogP contribution in [-0.2, 0) is 30.7 Å². The van der Waals surface area contributed by atoms with Crippen molar-refractivity contribution >= 4 is 32.8 Å². The van der Waals surface area contributed by atoms with Crippen molar-refractivity contribution in [3.05, 3.63) is 54.1 Å². The monoisotopic (exact) mass is 587 g/mol. The van der Waals surface area contributed by atoms with E-state index < -0.39 is 34.4 Å². The molecule has 0 aliphatic carbocycles. The van der Waals surface area contributed by atoms with Gasteiger partial charge in [-0.1, -0.05) is 44.2 Å². The Morgan fingerprint density at radius 2 is 2.00 bits per heavy atom. The van der Waals surface area contributed by atoms with Crippen molar-refractivity contribution in [2.45, 2.75) is 56.1 Å². The van der Waals surface area contributed by atoms with Crippen LogP contribution in [0.5, 0.6) is 0 Å². The molecule has 2 aromatic carbocycles. The number of ether oxygens (including phenoxy) is 3. The SMILES string of the molecule is CC(C)CN(C[C@@H](O)[C@H](Cc1ccccc1)NC(=O)O[C@H]1CO[C@H]2OCC[C@H]21)S(=O)(=O)c1ccc2[nH]nc(N)c2c1. The van der Waals surface area contributed by atoms with Gasteiger partial charge in [0, 0.05) is 18.5 Å². The van der Waals surface area contributed by atoms with E-state index in [9.17, 15) is 18.3 Å².